The summed E-state index contributed by atoms with van der Waals surface area (Å²) >= 11 is 0. The Morgan fingerprint density at radius 1 is 1.24 bits per heavy atom. The van der Waals surface area contributed by atoms with Crippen LogP contribution in [0.2, 0.25) is 0 Å². The van der Waals surface area contributed by atoms with E-state index >= 15 is 0 Å². The third-order valence-corrected chi connectivity index (χ3v) is 5.22. The number of nitrogen functional groups attached to an aromatic ring is 1. The Morgan fingerprint density at radius 3 is 2.38 bits per heavy atom. The van der Waals surface area contributed by atoms with Gasteiger partial charge >= 0.3 is 0 Å². The van der Waals surface area contributed by atoms with Crippen LogP contribution in [0.5, 0.6) is 0 Å². The van der Waals surface area contributed by atoms with E-state index in [9.17, 15) is 8.42 Å². The predicted molar refractivity (Wildman–Crippen MR) is 87.8 cm³/mol. The Morgan fingerprint density at radius 2 is 1.86 bits per heavy atom. The first-order valence-corrected chi connectivity index (χ1v) is 8.95. The fourth-order valence-corrected chi connectivity index (χ4v) is 3.93. The number of benzene rings is 1. The quantitative estimate of drug-likeness (QED) is 0.718. The Labute approximate surface area is 128 Å². The molecule has 0 fully saturated rings. The van der Waals surface area contributed by atoms with E-state index in [0.717, 1.165) is 18.7 Å². The zero-order valence-corrected chi connectivity index (χ0v) is 14.2. The van der Waals surface area contributed by atoms with E-state index in [1.807, 2.05) is 13.8 Å². The molecule has 1 unspecified atom stereocenters. The molecule has 0 radical (unpaired) electrons. The van der Waals surface area contributed by atoms with Gasteiger partial charge in [-0.3, -0.25) is 0 Å². The molecule has 0 amide bonds. The van der Waals surface area contributed by atoms with Gasteiger partial charge in [-0.15, -0.1) is 0 Å². The number of nitrogens with two attached hydrogens (primary N) is 1. The monoisotopic (exact) mass is 313 g/mol. The van der Waals surface area contributed by atoms with Crippen molar-refractivity contribution in [1.82, 2.24) is 9.62 Å². The second kappa shape index (κ2) is 7.77. The van der Waals surface area contributed by atoms with E-state index in [4.69, 9.17) is 5.73 Å². The molecular formula is C15H27N3O2S. The van der Waals surface area contributed by atoms with Crippen molar-refractivity contribution >= 4 is 15.7 Å². The lowest BCUT2D eigenvalue weighted by Gasteiger charge is -2.23. The SMILES string of the molecule is CCc1ccc(N)cc1S(=O)(=O)NC(C)CN(CC)CC. The molecule has 3 N–H and O–H groups in total. The molecule has 1 rings (SSSR count). The van der Waals surface area contributed by atoms with E-state index in [1.165, 1.54) is 6.07 Å². The number of nitrogens with zero attached hydrogens (tertiary/aromatic N) is 1. The van der Waals surface area contributed by atoms with Gasteiger partial charge in [-0.25, -0.2) is 13.1 Å². The lowest BCUT2D eigenvalue weighted by molar-refractivity contribution is 0.282. The van der Waals surface area contributed by atoms with Crippen LogP contribution in [0, 0.1) is 0 Å². The minimum absolute atomic E-state index is 0.152. The summed E-state index contributed by atoms with van der Waals surface area (Å²) in [5, 5.41) is 0. The maximum atomic E-state index is 12.5. The van der Waals surface area contributed by atoms with Crippen LogP contribution in [0.1, 0.15) is 33.3 Å². The molecule has 1 aromatic rings. The van der Waals surface area contributed by atoms with Crippen molar-refractivity contribution in [1.29, 1.82) is 0 Å². The van der Waals surface area contributed by atoms with E-state index in [2.05, 4.69) is 23.5 Å². The van der Waals surface area contributed by atoms with Crippen LogP contribution in [0.25, 0.3) is 0 Å². The predicted octanol–water partition coefficient (Wildman–Crippen LogP) is 1.84. The molecule has 0 spiro atoms. The minimum atomic E-state index is -3.54. The number of anilines is 1. The maximum Gasteiger partial charge on any atom is 0.241 e. The van der Waals surface area contributed by atoms with Crippen LogP contribution in [-0.2, 0) is 16.4 Å². The number of rotatable bonds is 8. The van der Waals surface area contributed by atoms with Gasteiger partial charge in [-0.1, -0.05) is 26.8 Å². The van der Waals surface area contributed by atoms with E-state index < -0.39 is 10.0 Å². The summed E-state index contributed by atoms with van der Waals surface area (Å²) in [6, 6.07) is 4.89. The van der Waals surface area contributed by atoms with Crippen molar-refractivity contribution in [2.45, 2.75) is 45.1 Å². The number of hydrogen-bond donors (Lipinski definition) is 2. The molecule has 6 heteroatoms. The van der Waals surface area contributed by atoms with Crippen molar-refractivity contribution in [3.05, 3.63) is 23.8 Å². The van der Waals surface area contributed by atoms with Gasteiger partial charge in [0.2, 0.25) is 10.0 Å². The fraction of sp³-hybridized carbons (Fsp3) is 0.600. The Kier molecular flexibility index (Phi) is 6.64. The molecule has 21 heavy (non-hydrogen) atoms. The molecule has 5 nitrogen and oxygen atoms in total. The summed E-state index contributed by atoms with van der Waals surface area (Å²) in [7, 11) is -3.54. The van der Waals surface area contributed by atoms with Gasteiger partial charge in [0, 0.05) is 18.3 Å². The molecule has 1 aromatic carbocycles. The highest BCUT2D eigenvalue weighted by Crippen LogP contribution is 2.20. The Bertz CT molecular complexity index is 554. The van der Waals surface area contributed by atoms with Crippen LogP contribution in [0.15, 0.2) is 23.1 Å². The molecule has 0 aliphatic heterocycles. The van der Waals surface area contributed by atoms with Crippen LogP contribution >= 0.6 is 0 Å². The number of hydrogen-bond acceptors (Lipinski definition) is 4. The number of likely N-dealkylation sites (N-methyl/N-ethyl adjacent to an activating group) is 1. The van der Waals surface area contributed by atoms with Crippen molar-refractivity contribution in [2.24, 2.45) is 0 Å². The van der Waals surface area contributed by atoms with Gasteiger partial charge in [0.05, 0.1) is 4.90 Å². The molecule has 0 heterocycles. The van der Waals surface area contributed by atoms with Crippen LogP contribution in [0.3, 0.4) is 0 Å². The molecule has 0 saturated heterocycles. The normalized spacial score (nSPS) is 13.6. The Balaban J connectivity index is 2.94. The fourth-order valence-electron chi connectivity index (χ4n) is 2.35. The third-order valence-electron chi connectivity index (χ3n) is 3.54. The second-order valence-electron chi connectivity index (χ2n) is 5.23. The highest BCUT2D eigenvalue weighted by Gasteiger charge is 2.21. The van der Waals surface area contributed by atoms with Gasteiger partial charge in [-0.2, -0.15) is 0 Å². The Hall–Kier alpha value is -1.11. The average molecular weight is 313 g/mol. The first-order valence-electron chi connectivity index (χ1n) is 7.47. The highest BCUT2D eigenvalue weighted by atomic mass is 32.2. The summed E-state index contributed by atoms with van der Waals surface area (Å²) in [5.41, 5.74) is 6.98. The molecule has 120 valence electrons. The summed E-state index contributed by atoms with van der Waals surface area (Å²) in [6.07, 6.45) is 0.654. The van der Waals surface area contributed by atoms with Crippen LogP contribution < -0.4 is 10.5 Å². The van der Waals surface area contributed by atoms with E-state index in [0.29, 0.717) is 18.7 Å². The third kappa shape index (κ3) is 4.98. The molecule has 0 bridgehead atoms. The maximum absolute atomic E-state index is 12.5. The number of nitrogens with one attached hydrogen (secondary N) is 1. The van der Waals surface area contributed by atoms with Gasteiger partial charge < -0.3 is 10.6 Å². The lowest BCUT2D eigenvalue weighted by Crippen LogP contribution is -2.42. The smallest absolute Gasteiger partial charge is 0.241 e. The largest absolute Gasteiger partial charge is 0.399 e. The molecule has 0 saturated carbocycles. The molecule has 0 aromatic heterocycles. The first kappa shape index (κ1) is 17.9. The summed E-state index contributed by atoms with van der Waals surface area (Å²) in [4.78, 5) is 2.48. The first-order chi connectivity index (χ1) is 9.83. The summed E-state index contributed by atoms with van der Waals surface area (Å²) in [5.74, 6) is 0. The van der Waals surface area contributed by atoms with Gasteiger partial charge in [0.1, 0.15) is 0 Å². The molecular weight excluding hydrogens is 286 g/mol. The average Bonchev–Trinajstić information content (AvgIpc) is 2.44. The standard InChI is InChI=1S/C15H27N3O2S/c1-5-13-8-9-14(16)10-15(13)21(19,20)17-12(4)11-18(6-2)7-3/h8-10,12,17H,5-7,11,16H2,1-4H3. The van der Waals surface area contributed by atoms with Gasteiger partial charge in [0.15, 0.2) is 0 Å². The van der Waals surface area contributed by atoms with Gasteiger partial charge in [-0.05, 0) is 44.1 Å². The number of aryl methyl sites for hydroxylation is 1. The summed E-state index contributed by atoms with van der Waals surface area (Å²) in [6.45, 7) is 10.4. The summed E-state index contributed by atoms with van der Waals surface area (Å²) < 4.78 is 27.8. The van der Waals surface area contributed by atoms with E-state index in [-0.39, 0.29) is 10.9 Å². The zero-order chi connectivity index (χ0) is 16.0. The second-order valence-corrected chi connectivity index (χ2v) is 6.91. The zero-order valence-electron chi connectivity index (χ0n) is 13.4. The van der Waals surface area contributed by atoms with Crippen molar-refractivity contribution in [3.8, 4) is 0 Å². The van der Waals surface area contributed by atoms with Crippen molar-refractivity contribution in [3.63, 3.8) is 0 Å². The minimum Gasteiger partial charge on any atom is -0.399 e. The van der Waals surface area contributed by atoms with E-state index in [1.54, 1.807) is 12.1 Å². The van der Waals surface area contributed by atoms with Crippen LogP contribution in [0.4, 0.5) is 5.69 Å². The molecule has 1 atom stereocenters. The van der Waals surface area contributed by atoms with Crippen molar-refractivity contribution in [2.75, 3.05) is 25.4 Å². The van der Waals surface area contributed by atoms with Gasteiger partial charge in [0.25, 0.3) is 0 Å². The molecule has 0 aliphatic carbocycles. The molecule has 0 aliphatic rings. The van der Waals surface area contributed by atoms with Crippen molar-refractivity contribution < 1.29 is 8.42 Å². The number of sulfonamides is 1. The lowest BCUT2D eigenvalue weighted by atomic mass is 10.1. The van der Waals surface area contributed by atoms with Crippen LogP contribution in [-0.4, -0.2) is 39.0 Å². The highest BCUT2D eigenvalue weighted by molar-refractivity contribution is 7.89. The topological polar surface area (TPSA) is 75.4 Å².